The summed E-state index contributed by atoms with van der Waals surface area (Å²) in [5.74, 6) is -0.0534. The number of para-hydroxylation sites is 1. The van der Waals surface area contributed by atoms with Crippen LogP contribution < -0.4 is 0 Å². The van der Waals surface area contributed by atoms with Crippen molar-refractivity contribution in [2.24, 2.45) is 0 Å². The van der Waals surface area contributed by atoms with Gasteiger partial charge in [-0.3, -0.25) is 4.79 Å². The molecule has 1 aromatic heterocycles. The lowest BCUT2D eigenvalue weighted by atomic mass is 10.1. The third kappa shape index (κ3) is 4.20. The van der Waals surface area contributed by atoms with E-state index >= 15 is 0 Å². The summed E-state index contributed by atoms with van der Waals surface area (Å²) >= 11 is 6.74. The van der Waals surface area contributed by atoms with Gasteiger partial charge in [0.05, 0.1) is 23.6 Å². The molecule has 0 N–H and O–H groups in total. The fourth-order valence-electron chi connectivity index (χ4n) is 4.11. The van der Waals surface area contributed by atoms with Crippen molar-refractivity contribution in [3.8, 4) is 5.69 Å². The van der Waals surface area contributed by atoms with Gasteiger partial charge >= 0.3 is 0 Å². The number of hydrogen-bond donors (Lipinski definition) is 0. The van der Waals surface area contributed by atoms with Gasteiger partial charge in [-0.25, -0.2) is 4.68 Å². The standard InChI is InChI=1S/C29H24ClN3O/c1-20-13-15-23(16-14-20)27-18-24(29(34)32(27)19-22-9-5-3-6-10-22)17-26-21(2)31-33(28(26)30)25-11-7-4-8-12-25/h3-18H,19H2,1-2H3. The van der Waals surface area contributed by atoms with Crippen LogP contribution in [0.4, 0.5) is 0 Å². The average molecular weight is 466 g/mol. The molecule has 0 unspecified atom stereocenters. The second-order valence-corrected chi connectivity index (χ2v) is 8.77. The van der Waals surface area contributed by atoms with Crippen molar-refractivity contribution < 1.29 is 4.79 Å². The molecule has 1 aliphatic heterocycles. The molecule has 4 nitrogen and oxygen atoms in total. The quantitative estimate of drug-likeness (QED) is 0.311. The Bertz CT molecular complexity index is 1400. The highest BCUT2D eigenvalue weighted by molar-refractivity contribution is 6.31. The van der Waals surface area contributed by atoms with Crippen molar-refractivity contribution in [2.45, 2.75) is 20.4 Å². The van der Waals surface area contributed by atoms with Crippen LogP contribution in [0.1, 0.15) is 27.9 Å². The molecule has 5 heteroatoms. The Morgan fingerprint density at radius 3 is 2.21 bits per heavy atom. The molecule has 0 atom stereocenters. The molecule has 3 aromatic carbocycles. The fourth-order valence-corrected chi connectivity index (χ4v) is 4.44. The molecule has 0 saturated carbocycles. The Kier molecular flexibility index (Phi) is 5.91. The third-order valence-corrected chi connectivity index (χ3v) is 6.32. The first-order chi connectivity index (χ1) is 16.5. The van der Waals surface area contributed by atoms with Crippen LogP contribution >= 0.6 is 11.6 Å². The van der Waals surface area contributed by atoms with Gasteiger partial charge in [-0.2, -0.15) is 5.10 Å². The maximum atomic E-state index is 13.6. The minimum Gasteiger partial charge on any atom is -0.303 e. The van der Waals surface area contributed by atoms with E-state index in [0.717, 1.165) is 33.8 Å². The summed E-state index contributed by atoms with van der Waals surface area (Å²) < 4.78 is 1.70. The van der Waals surface area contributed by atoms with Crippen LogP contribution in [0.25, 0.3) is 17.5 Å². The van der Waals surface area contributed by atoms with Gasteiger partial charge in [-0.15, -0.1) is 0 Å². The molecule has 0 radical (unpaired) electrons. The SMILES string of the molecule is Cc1ccc(C2=CC(=Cc3c(C)nn(-c4ccccc4)c3Cl)C(=O)N2Cc2ccccc2)cc1. The molecule has 0 saturated heterocycles. The molecule has 168 valence electrons. The van der Waals surface area contributed by atoms with Crippen LogP contribution in [0.2, 0.25) is 5.15 Å². The molecule has 0 aliphatic carbocycles. The number of benzene rings is 3. The van der Waals surface area contributed by atoms with Crippen molar-refractivity contribution >= 4 is 29.3 Å². The van der Waals surface area contributed by atoms with Gasteiger partial charge in [0, 0.05) is 11.1 Å². The van der Waals surface area contributed by atoms with E-state index in [1.807, 2.05) is 84.6 Å². The molecular formula is C29H24ClN3O. The zero-order valence-electron chi connectivity index (χ0n) is 19.1. The smallest absolute Gasteiger partial charge is 0.258 e. The second kappa shape index (κ2) is 9.16. The molecular weight excluding hydrogens is 442 g/mol. The van der Waals surface area contributed by atoms with E-state index in [-0.39, 0.29) is 5.91 Å². The highest BCUT2D eigenvalue weighted by Crippen LogP contribution is 2.34. The first-order valence-corrected chi connectivity index (χ1v) is 11.6. The Morgan fingerprint density at radius 2 is 1.53 bits per heavy atom. The van der Waals surface area contributed by atoms with Crippen molar-refractivity contribution in [1.82, 2.24) is 14.7 Å². The van der Waals surface area contributed by atoms with E-state index in [0.29, 0.717) is 17.3 Å². The Hall–Kier alpha value is -3.89. The number of amides is 1. The van der Waals surface area contributed by atoms with Crippen LogP contribution in [0, 0.1) is 13.8 Å². The van der Waals surface area contributed by atoms with Gasteiger partial charge in [0.2, 0.25) is 0 Å². The van der Waals surface area contributed by atoms with Gasteiger partial charge in [-0.1, -0.05) is 90.0 Å². The molecule has 0 bridgehead atoms. The average Bonchev–Trinajstić information content (AvgIpc) is 3.32. The number of aromatic nitrogens is 2. The minimum absolute atomic E-state index is 0.0534. The zero-order chi connectivity index (χ0) is 23.7. The molecule has 1 aliphatic rings. The minimum atomic E-state index is -0.0534. The lowest BCUT2D eigenvalue weighted by Gasteiger charge is -2.21. The third-order valence-electron chi connectivity index (χ3n) is 5.95. The first-order valence-electron chi connectivity index (χ1n) is 11.2. The number of hydrogen-bond acceptors (Lipinski definition) is 2. The normalized spacial score (nSPS) is 14.7. The summed E-state index contributed by atoms with van der Waals surface area (Å²) in [7, 11) is 0. The molecule has 1 amide bonds. The van der Waals surface area contributed by atoms with E-state index < -0.39 is 0 Å². The fraction of sp³-hybridized carbons (Fsp3) is 0.103. The van der Waals surface area contributed by atoms with Gasteiger partial charge in [0.25, 0.3) is 5.91 Å². The van der Waals surface area contributed by atoms with E-state index in [1.54, 1.807) is 4.68 Å². The highest BCUT2D eigenvalue weighted by Gasteiger charge is 2.30. The maximum absolute atomic E-state index is 13.6. The number of aryl methyl sites for hydroxylation is 2. The summed E-state index contributed by atoms with van der Waals surface area (Å²) in [6.45, 7) is 4.45. The van der Waals surface area contributed by atoms with Crippen LogP contribution in [-0.4, -0.2) is 20.6 Å². The predicted molar refractivity (Wildman–Crippen MR) is 137 cm³/mol. The zero-order valence-corrected chi connectivity index (χ0v) is 19.8. The van der Waals surface area contributed by atoms with E-state index in [9.17, 15) is 4.79 Å². The highest BCUT2D eigenvalue weighted by atomic mass is 35.5. The van der Waals surface area contributed by atoms with E-state index in [4.69, 9.17) is 11.6 Å². The van der Waals surface area contributed by atoms with Gasteiger partial charge in [0.15, 0.2) is 0 Å². The Balaban J connectivity index is 1.57. The molecule has 0 fully saturated rings. The Morgan fingerprint density at radius 1 is 0.882 bits per heavy atom. The number of carbonyl (C=O) groups excluding carboxylic acids is 1. The van der Waals surface area contributed by atoms with E-state index in [1.165, 1.54) is 5.56 Å². The topological polar surface area (TPSA) is 38.1 Å². The van der Waals surface area contributed by atoms with Gasteiger partial charge in [-0.05, 0) is 49.3 Å². The van der Waals surface area contributed by atoms with Crippen molar-refractivity contribution in [1.29, 1.82) is 0 Å². The summed E-state index contributed by atoms with van der Waals surface area (Å²) in [6.07, 6.45) is 3.80. The van der Waals surface area contributed by atoms with Gasteiger partial charge in [0.1, 0.15) is 5.15 Å². The van der Waals surface area contributed by atoms with Crippen LogP contribution in [-0.2, 0) is 11.3 Å². The number of carbonyl (C=O) groups is 1. The largest absolute Gasteiger partial charge is 0.303 e. The molecule has 34 heavy (non-hydrogen) atoms. The number of halogens is 1. The lowest BCUT2D eigenvalue weighted by Crippen LogP contribution is -2.25. The molecule has 2 heterocycles. The summed E-state index contributed by atoms with van der Waals surface area (Å²) in [5.41, 5.74) is 7.10. The lowest BCUT2D eigenvalue weighted by molar-refractivity contribution is -0.123. The molecule has 4 aromatic rings. The molecule has 0 spiro atoms. The van der Waals surface area contributed by atoms with Crippen molar-refractivity contribution in [3.05, 3.63) is 130 Å². The Labute approximate surface area is 204 Å². The second-order valence-electron chi connectivity index (χ2n) is 8.41. The summed E-state index contributed by atoms with van der Waals surface area (Å²) in [5, 5.41) is 5.10. The number of rotatable bonds is 5. The monoisotopic (exact) mass is 465 g/mol. The van der Waals surface area contributed by atoms with Gasteiger partial charge < -0.3 is 4.90 Å². The van der Waals surface area contributed by atoms with Crippen LogP contribution in [0.15, 0.2) is 96.6 Å². The maximum Gasteiger partial charge on any atom is 0.258 e. The number of nitrogens with zero attached hydrogens (tertiary/aromatic N) is 3. The van der Waals surface area contributed by atoms with Crippen LogP contribution in [0.5, 0.6) is 0 Å². The molecule has 5 rings (SSSR count). The van der Waals surface area contributed by atoms with E-state index in [2.05, 4.69) is 36.3 Å². The van der Waals surface area contributed by atoms with Crippen LogP contribution in [0.3, 0.4) is 0 Å². The van der Waals surface area contributed by atoms with Crippen molar-refractivity contribution in [2.75, 3.05) is 0 Å². The first kappa shape index (κ1) is 21.9. The predicted octanol–water partition coefficient (Wildman–Crippen LogP) is 6.61. The summed E-state index contributed by atoms with van der Waals surface area (Å²) in [6, 6.07) is 28.0. The summed E-state index contributed by atoms with van der Waals surface area (Å²) in [4.78, 5) is 15.4. The van der Waals surface area contributed by atoms with Crippen molar-refractivity contribution in [3.63, 3.8) is 0 Å².